The minimum atomic E-state index is 0.0672. The van der Waals surface area contributed by atoms with Crippen molar-refractivity contribution in [3.63, 3.8) is 0 Å². The molecule has 2 N–H and O–H groups in total. The second-order valence-electron chi connectivity index (χ2n) is 4.12. The van der Waals surface area contributed by atoms with Crippen LogP contribution in [0.4, 0.5) is 0 Å². The van der Waals surface area contributed by atoms with Crippen molar-refractivity contribution >= 4 is 6.08 Å². The molecular weight excluding hydrogens is 206 g/mol. The van der Waals surface area contributed by atoms with Gasteiger partial charge in [0.2, 0.25) is 0 Å². The van der Waals surface area contributed by atoms with Gasteiger partial charge in [0.15, 0.2) is 0 Å². The molecule has 0 amide bonds. The molecular formula is C16H17N. The molecule has 0 saturated carbocycles. The van der Waals surface area contributed by atoms with Crippen LogP contribution in [0, 0.1) is 0 Å². The van der Waals surface area contributed by atoms with Crippen LogP contribution in [-0.4, -0.2) is 6.04 Å². The van der Waals surface area contributed by atoms with Gasteiger partial charge in [0.05, 0.1) is 0 Å². The van der Waals surface area contributed by atoms with Crippen LogP contribution in [0.1, 0.15) is 11.1 Å². The minimum absolute atomic E-state index is 0.0672. The topological polar surface area (TPSA) is 26.0 Å². The number of nitrogens with two attached hydrogens (primary N) is 1. The van der Waals surface area contributed by atoms with Gasteiger partial charge in [-0.15, -0.1) is 0 Å². The van der Waals surface area contributed by atoms with Gasteiger partial charge in [0, 0.05) is 6.04 Å². The third-order valence-corrected chi connectivity index (χ3v) is 2.65. The zero-order valence-electron chi connectivity index (χ0n) is 9.79. The third-order valence-electron chi connectivity index (χ3n) is 2.65. The zero-order valence-corrected chi connectivity index (χ0v) is 9.79. The first-order valence-electron chi connectivity index (χ1n) is 5.87. The van der Waals surface area contributed by atoms with Gasteiger partial charge < -0.3 is 5.73 Å². The Morgan fingerprint density at radius 1 is 0.882 bits per heavy atom. The summed E-state index contributed by atoms with van der Waals surface area (Å²) in [6.07, 6.45) is 5.01. The Kier molecular flexibility index (Phi) is 4.11. The molecule has 0 saturated heterocycles. The summed E-state index contributed by atoms with van der Waals surface area (Å²) in [4.78, 5) is 0. The van der Waals surface area contributed by atoms with E-state index in [-0.39, 0.29) is 6.04 Å². The average molecular weight is 223 g/mol. The maximum atomic E-state index is 6.07. The first-order chi connectivity index (χ1) is 8.34. The molecule has 17 heavy (non-hydrogen) atoms. The fourth-order valence-electron chi connectivity index (χ4n) is 1.75. The lowest BCUT2D eigenvalue weighted by Crippen LogP contribution is -2.19. The molecule has 0 aliphatic carbocycles. The second kappa shape index (κ2) is 6.02. The fourth-order valence-corrected chi connectivity index (χ4v) is 1.75. The molecule has 0 spiro atoms. The standard InChI is InChI=1S/C16H17N/c17-16(13-15-9-5-2-6-10-15)12-11-14-7-3-1-4-8-14/h1-12,16H,13,17H2/b12-11+. The summed E-state index contributed by atoms with van der Waals surface area (Å²) in [6, 6.07) is 20.6. The van der Waals surface area contributed by atoms with E-state index < -0.39 is 0 Å². The SMILES string of the molecule is NC(/C=C/c1ccccc1)Cc1ccccc1. The molecule has 1 nitrogen and oxygen atoms in total. The quantitative estimate of drug-likeness (QED) is 0.845. The van der Waals surface area contributed by atoms with Crippen molar-refractivity contribution in [1.29, 1.82) is 0 Å². The highest BCUT2D eigenvalue weighted by atomic mass is 14.6. The van der Waals surface area contributed by atoms with Gasteiger partial charge in [-0.25, -0.2) is 0 Å². The maximum absolute atomic E-state index is 6.07. The van der Waals surface area contributed by atoms with E-state index in [2.05, 4.69) is 36.4 Å². The van der Waals surface area contributed by atoms with Crippen LogP contribution in [0.25, 0.3) is 6.08 Å². The van der Waals surface area contributed by atoms with Crippen molar-refractivity contribution in [3.8, 4) is 0 Å². The van der Waals surface area contributed by atoms with Crippen LogP contribution in [0.2, 0.25) is 0 Å². The van der Waals surface area contributed by atoms with Crippen molar-refractivity contribution in [1.82, 2.24) is 0 Å². The first-order valence-corrected chi connectivity index (χ1v) is 5.87. The van der Waals surface area contributed by atoms with Crippen LogP contribution in [0.5, 0.6) is 0 Å². The van der Waals surface area contributed by atoms with E-state index in [1.165, 1.54) is 11.1 Å². The molecule has 2 aromatic rings. The van der Waals surface area contributed by atoms with E-state index in [1.54, 1.807) is 0 Å². The van der Waals surface area contributed by atoms with Crippen LogP contribution in [0.15, 0.2) is 66.7 Å². The van der Waals surface area contributed by atoms with Gasteiger partial charge in [-0.3, -0.25) is 0 Å². The minimum Gasteiger partial charge on any atom is -0.324 e. The molecule has 0 aliphatic heterocycles. The molecule has 1 unspecified atom stereocenters. The highest BCUT2D eigenvalue weighted by molar-refractivity contribution is 5.49. The van der Waals surface area contributed by atoms with Crippen LogP contribution in [-0.2, 0) is 6.42 Å². The summed E-state index contributed by atoms with van der Waals surface area (Å²) in [5.74, 6) is 0. The summed E-state index contributed by atoms with van der Waals surface area (Å²) in [7, 11) is 0. The smallest absolute Gasteiger partial charge is 0.0267 e. The molecule has 0 aromatic heterocycles. The van der Waals surface area contributed by atoms with E-state index in [1.807, 2.05) is 36.4 Å². The van der Waals surface area contributed by atoms with E-state index in [0.717, 1.165) is 6.42 Å². The molecule has 1 atom stereocenters. The lowest BCUT2D eigenvalue weighted by Gasteiger charge is -2.06. The molecule has 2 rings (SSSR count). The van der Waals surface area contributed by atoms with E-state index in [4.69, 9.17) is 5.73 Å². The van der Waals surface area contributed by atoms with Crippen LogP contribution in [0.3, 0.4) is 0 Å². The number of hydrogen-bond donors (Lipinski definition) is 1. The highest BCUT2D eigenvalue weighted by Gasteiger charge is 1.98. The summed E-state index contributed by atoms with van der Waals surface area (Å²) in [5, 5.41) is 0. The summed E-state index contributed by atoms with van der Waals surface area (Å²) in [6.45, 7) is 0. The summed E-state index contributed by atoms with van der Waals surface area (Å²) < 4.78 is 0. The molecule has 0 bridgehead atoms. The molecule has 2 aromatic carbocycles. The molecule has 86 valence electrons. The third kappa shape index (κ3) is 3.89. The van der Waals surface area contributed by atoms with E-state index >= 15 is 0 Å². The van der Waals surface area contributed by atoms with Gasteiger partial charge in [0.1, 0.15) is 0 Å². The van der Waals surface area contributed by atoms with Gasteiger partial charge >= 0.3 is 0 Å². The second-order valence-corrected chi connectivity index (χ2v) is 4.12. The monoisotopic (exact) mass is 223 g/mol. The predicted molar refractivity (Wildman–Crippen MR) is 73.6 cm³/mol. The van der Waals surface area contributed by atoms with Crippen LogP contribution < -0.4 is 5.73 Å². The Balaban J connectivity index is 1.94. The van der Waals surface area contributed by atoms with Crippen molar-refractivity contribution in [2.75, 3.05) is 0 Å². The Morgan fingerprint density at radius 2 is 1.47 bits per heavy atom. The van der Waals surface area contributed by atoms with Gasteiger partial charge in [0.25, 0.3) is 0 Å². The molecule has 1 heteroatoms. The van der Waals surface area contributed by atoms with E-state index in [0.29, 0.717) is 0 Å². The number of hydrogen-bond acceptors (Lipinski definition) is 1. The summed E-state index contributed by atoms with van der Waals surface area (Å²) >= 11 is 0. The summed E-state index contributed by atoms with van der Waals surface area (Å²) in [5.41, 5.74) is 8.53. The van der Waals surface area contributed by atoms with Crippen molar-refractivity contribution in [3.05, 3.63) is 77.9 Å². The highest BCUT2D eigenvalue weighted by Crippen LogP contribution is 2.05. The molecule has 0 radical (unpaired) electrons. The normalized spacial score (nSPS) is 12.8. The van der Waals surface area contributed by atoms with Gasteiger partial charge in [-0.05, 0) is 17.5 Å². The Bertz CT molecular complexity index is 459. The average Bonchev–Trinajstić information content (AvgIpc) is 2.39. The first kappa shape index (κ1) is 11.6. The van der Waals surface area contributed by atoms with Gasteiger partial charge in [-0.1, -0.05) is 72.8 Å². The largest absolute Gasteiger partial charge is 0.324 e. The molecule has 0 aliphatic rings. The Morgan fingerprint density at radius 3 is 2.12 bits per heavy atom. The molecule has 0 fully saturated rings. The van der Waals surface area contributed by atoms with Crippen molar-refractivity contribution in [2.24, 2.45) is 5.73 Å². The fraction of sp³-hybridized carbons (Fsp3) is 0.125. The lowest BCUT2D eigenvalue weighted by atomic mass is 10.1. The molecule has 0 heterocycles. The predicted octanol–water partition coefficient (Wildman–Crippen LogP) is 3.27. The van der Waals surface area contributed by atoms with Crippen molar-refractivity contribution in [2.45, 2.75) is 12.5 Å². The number of benzene rings is 2. The zero-order chi connectivity index (χ0) is 11.9. The lowest BCUT2D eigenvalue weighted by molar-refractivity contribution is 0.813. The van der Waals surface area contributed by atoms with Crippen molar-refractivity contribution < 1.29 is 0 Å². The van der Waals surface area contributed by atoms with Crippen LogP contribution >= 0.6 is 0 Å². The number of rotatable bonds is 4. The van der Waals surface area contributed by atoms with E-state index in [9.17, 15) is 0 Å². The van der Waals surface area contributed by atoms with Gasteiger partial charge in [-0.2, -0.15) is 0 Å². The maximum Gasteiger partial charge on any atom is 0.0267 e. The Hall–Kier alpha value is -1.86. The Labute approximate surface area is 103 Å².